The summed E-state index contributed by atoms with van der Waals surface area (Å²) >= 11 is 0. The minimum atomic E-state index is -0.527. The highest BCUT2D eigenvalue weighted by molar-refractivity contribution is 5.97. The molecule has 124 valence electrons. The second-order valence-corrected chi connectivity index (χ2v) is 5.36. The molecule has 0 aromatic heterocycles. The van der Waals surface area contributed by atoms with Gasteiger partial charge in [0.05, 0.1) is 0 Å². The summed E-state index contributed by atoms with van der Waals surface area (Å²) in [5.74, 6) is -0.554. The Hall–Kier alpha value is -3.15. The third kappa shape index (κ3) is 4.95. The van der Waals surface area contributed by atoms with Crippen LogP contribution in [0.5, 0.6) is 0 Å². The van der Waals surface area contributed by atoms with Crippen molar-refractivity contribution in [2.24, 2.45) is 5.73 Å². The highest BCUT2D eigenvalue weighted by Gasteiger charge is 2.07. The lowest BCUT2D eigenvalue weighted by molar-refractivity contribution is 0.0980. The quantitative estimate of drug-likeness (QED) is 0.711. The molecule has 0 saturated carbocycles. The Morgan fingerprint density at radius 1 is 0.917 bits per heavy atom. The summed E-state index contributed by atoms with van der Waals surface area (Å²) in [7, 11) is 0. The van der Waals surface area contributed by atoms with Crippen molar-refractivity contribution in [2.75, 3.05) is 11.9 Å². The maximum atomic E-state index is 12.0. The molecule has 0 heterocycles. The van der Waals surface area contributed by atoms with Crippen molar-refractivity contribution in [1.82, 2.24) is 5.32 Å². The first kappa shape index (κ1) is 17.2. The zero-order valence-corrected chi connectivity index (χ0v) is 13.3. The fraction of sp³-hybridized carbons (Fsp3) is 0.167. The van der Waals surface area contributed by atoms with Gasteiger partial charge in [-0.25, -0.2) is 4.79 Å². The predicted molar refractivity (Wildman–Crippen MR) is 92.1 cm³/mol. The number of nitrogens with one attached hydrogen (secondary N) is 2. The first-order valence-electron chi connectivity index (χ1n) is 7.50. The van der Waals surface area contributed by atoms with E-state index in [1.807, 2.05) is 19.1 Å². The average Bonchev–Trinajstić information content (AvgIpc) is 2.55. The second-order valence-electron chi connectivity index (χ2n) is 5.36. The zero-order chi connectivity index (χ0) is 17.5. The van der Waals surface area contributed by atoms with Crippen molar-refractivity contribution < 1.29 is 14.4 Å². The normalized spacial score (nSPS) is 10.0. The first-order chi connectivity index (χ1) is 11.5. The molecule has 0 unspecified atom stereocenters. The van der Waals surface area contributed by atoms with Gasteiger partial charge in [0.2, 0.25) is 5.91 Å². The highest BCUT2D eigenvalue weighted by Crippen LogP contribution is 2.09. The van der Waals surface area contributed by atoms with E-state index in [1.165, 1.54) is 12.1 Å². The minimum absolute atomic E-state index is 0.0267. The van der Waals surface area contributed by atoms with Crippen LogP contribution in [0.4, 0.5) is 10.5 Å². The molecule has 0 radical (unpaired) electrons. The summed E-state index contributed by atoms with van der Waals surface area (Å²) in [4.78, 5) is 34.7. The van der Waals surface area contributed by atoms with E-state index in [4.69, 9.17) is 5.73 Å². The molecule has 0 spiro atoms. The Morgan fingerprint density at radius 3 is 2.08 bits per heavy atom. The van der Waals surface area contributed by atoms with E-state index in [1.54, 1.807) is 24.3 Å². The van der Waals surface area contributed by atoms with Crippen molar-refractivity contribution in [2.45, 2.75) is 13.3 Å². The van der Waals surface area contributed by atoms with Gasteiger partial charge in [-0.2, -0.15) is 0 Å². The molecule has 2 aromatic rings. The smallest absolute Gasteiger partial charge is 0.319 e. The minimum Gasteiger partial charge on any atom is -0.366 e. The van der Waals surface area contributed by atoms with E-state index in [-0.39, 0.29) is 18.7 Å². The zero-order valence-electron chi connectivity index (χ0n) is 13.3. The van der Waals surface area contributed by atoms with Crippen LogP contribution in [-0.4, -0.2) is 24.3 Å². The van der Waals surface area contributed by atoms with Crippen LogP contribution in [0.2, 0.25) is 0 Å². The van der Waals surface area contributed by atoms with Crippen molar-refractivity contribution in [3.05, 3.63) is 65.2 Å². The molecule has 2 aromatic carbocycles. The second kappa shape index (κ2) is 7.92. The summed E-state index contributed by atoms with van der Waals surface area (Å²) in [6.07, 6.45) is 0.219. The number of ketones is 1. The lowest BCUT2D eigenvalue weighted by Crippen LogP contribution is -2.30. The molecular weight excluding hydrogens is 306 g/mol. The molecule has 0 aliphatic heterocycles. The molecule has 0 aliphatic rings. The number of hydrogen-bond donors (Lipinski definition) is 3. The monoisotopic (exact) mass is 325 g/mol. The number of aryl methyl sites for hydroxylation is 1. The molecule has 2 rings (SSSR count). The van der Waals surface area contributed by atoms with Crippen LogP contribution in [0, 0.1) is 6.92 Å². The van der Waals surface area contributed by atoms with Crippen LogP contribution in [0.15, 0.2) is 48.5 Å². The molecule has 0 aliphatic carbocycles. The van der Waals surface area contributed by atoms with Gasteiger partial charge in [0.25, 0.3) is 0 Å². The van der Waals surface area contributed by atoms with Gasteiger partial charge in [0.15, 0.2) is 5.78 Å². The Morgan fingerprint density at radius 2 is 1.50 bits per heavy atom. The van der Waals surface area contributed by atoms with Crippen LogP contribution < -0.4 is 16.4 Å². The van der Waals surface area contributed by atoms with Crippen LogP contribution in [0.1, 0.15) is 32.7 Å². The van der Waals surface area contributed by atoms with E-state index in [0.717, 1.165) is 5.56 Å². The van der Waals surface area contributed by atoms with Gasteiger partial charge < -0.3 is 16.4 Å². The van der Waals surface area contributed by atoms with Gasteiger partial charge in [-0.05, 0) is 31.2 Å². The first-order valence-corrected chi connectivity index (χ1v) is 7.50. The lowest BCUT2D eigenvalue weighted by Gasteiger charge is -2.08. The van der Waals surface area contributed by atoms with Crippen LogP contribution in [0.25, 0.3) is 0 Å². The van der Waals surface area contributed by atoms with Gasteiger partial charge in [0.1, 0.15) is 0 Å². The molecule has 0 saturated heterocycles. The molecule has 0 bridgehead atoms. The number of Topliss-reactive ketones (excluding diaryl/α,β-unsaturated/α-hetero) is 1. The molecule has 6 nitrogen and oxygen atoms in total. The van der Waals surface area contributed by atoms with Crippen LogP contribution in [-0.2, 0) is 0 Å². The Balaban J connectivity index is 1.77. The third-order valence-corrected chi connectivity index (χ3v) is 3.44. The SMILES string of the molecule is Cc1ccc(C(=O)CCNC(=O)Nc2ccc(C(N)=O)cc2)cc1. The number of rotatable bonds is 6. The lowest BCUT2D eigenvalue weighted by atomic mass is 10.1. The fourth-order valence-electron chi connectivity index (χ4n) is 2.07. The number of amides is 3. The van der Waals surface area contributed by atoms with Gasteiger partial charge in [0, 0.05) is 29.8 Å². The Labute approximate surface area is 140 Å². The van der Waals surface area contributed by atoms with Gasteiger partial charge in [-0.3, -0.25) is 9.59 Å². The molecule has 0 fully saturated rings. The number of nitrogens with two attached hydrogens (primary N) is 1. The molecule has 6 heteroatoms. The number of urea groups is 1. The highest BCUT2D eigenvalue weighted by atomic mass is 16.2. The maximum Gasteiger partial charge on any atom is 0.319 e. The molecule has 3 amide bonds. The number of carbonyl (C=O) groups excluding carboxylic acids is 3. The van der Waals surface area contributed by atoms with Crippen molar-refractivity contribution in [3.8, 4) is 0 Å². The Bertz CT molecular complexity index is 737. The fourth-order valence-corrected chi connectivity index (χ4v) is 2.07. The molecular formula is C18H19N3O3. The number of primary amides is 1. The summed E-state index contributed by atoms with van der Waals surface area (Å²) in [5.41, 5.74) is 7.76. The van der Waals surface area contributed by atoms with Gasteiger partial charge in [-0.15, -0.1) is 0 Å². The summed E-state index contributed by atoms with van der Waals surface area (Å²) in [6, 6.07) is 13.1. The summed E-state index contributed by atoms with van der Waals surface area (Å²) in [5, 5.41) is 5.23. The van der Waals surface area contributed by atoms with Crippen molar-refractivity contribution in [3.63, 3.8) is 0 Å². The van der Waals surface area contributed by atoms with Crippen LogP contribution in [0.3, 0.4) is 0 Å². The van der Waals surface area contributed by atoms with Crippen molar-refractivity contribution >= 4 is 23.4 Å². The molecule has 24 heavy (non-hydrogen) atoms. The van der Waals surface area contributed by atoms with E-state index in [9.17, 15) is 14.4 Å². The maximum absolute atomic E-state index is 12.0. The van der Waals surface area contributed by atoms with Gasteiger partial charge in [-0.1, -0.05) is 29.8 Å². The third-order valence-electron chi connectivity index (χ3n) is 3.44. The Kier molecular flexibility index (Phi) is 5.68. The van der Waals surface area contributed by atoms with E-state index in [2.05, 4.69) is 10.6 Å². The van der Waals surface area contributed by atoms with E-state index in [0.29, 0.717) is 16.8 Å². The average molecular weight is 325 g/mol. The van der Waals surface area contributed by atoms with Gasteiger partial charge >= 0.3 is 6.03 Å². The number of anilines is 1. The van der Waals surface area contributed by atoms with E-state index < -0.39 is 11.9 Å². The molecule has 0 atom stereocenters. The standard InChI is InChI=1S/C18H19N3O3/c1-12-2-4-13(5-3-12)16(22)10-11-20-18(24)21-15-8-6-14(7-9-15)17(19)23/h2-9H,10-11H2,1H3,(H2,19,23)(H2,20,21,24). The van der Waals surface area contributed by atoms with E-state index >= 15 is 0 Å². The largest absolute Gasteiger partial charge is 0.366 e. The summed E-state index contributed by atoms with van der Waals surface area (Å²) < 4.78 is 0. The van der Waals surface area contributed by atoms with Crippen LogP contribution >= 0.6 is 0 Å². The predicted octanol–water partition coefficient (Wildman–Crippen LogP) is 2.49. The molecule has 4 N–H and O–H groups in total. The topological polar surface area (TPSA) is 101 Å². The number of carbonyl (C=O) groups is 3. The summed E-state index contributed by atoms with van der Waals surface area (Å²) in [6.45, 7) is 2.19. The number of benzene rings is 2. The number of hydrogen-bond acceptors (Lipinski definition) is 3. The van der Waals surface area contributed by atoms with Crippen molar-refractivity contribution in [1.29, 1.82) is 0 Å².